The number of rotatable bonds is 2. The molecule has 29 heavy (non-hydrogen) atoms. The van der Waals surface area contributed by atoms with Crippen molar-refractivity contribution in [1.82, 2.24) is 4.98 Å². The van der Waals surface area contributed by atoms with Gasteiger partial charge in [-0.15, -0.1) is 0 Å². The summed E-state index contributed by atoms with van der Waals surface area (Å²) in [6, 6.07) is 34.3. The van der Waals surface area contributed by atoms with Gasteiger partial charge in [-0.25, -0.2) is 0 Å². The van der Waals surface area contributed by atoms with Crippen LogP contribution >= 0.6 is 0 Å². The van der Waals surface area contributed by atoms with Crippen LogP contribution in [0.5, 0.6) is 0 Å². The van der Waals surface area contributed by atoms with Crippen molar-refractivity contribution in [1.29, 1.82) is 0 Å². The Hall–Kier alpha value is -3.36. The highest BCUT2D eigenvalue weighted by atomic mass is 16.5. The molecule has 0 unspecified atom stereocenters. The summed E-state index contributed by atoms with van der Waals surface area (Å²) in [5.74, 6) is 0. The molecule has 0 radical (unpaired) electrons. The van der Waals surface area contributed by atoms with Crippen LogP contribution in [0.4, 0.5) is 0 Å². The van der Waals surface area contributed by atoms with E-state index in [-0.39, 0.29) is 12.2 Å². The maximum absolute atomic E-state index is 6.73. The molecule has 0 aliphatic carbocycles. The number of aromatic nitrogens is 1. The normalized spacial score (nSPS) is 18.8. The van der Waals surface area contributed by atoms with Crippen LogP contribution in [-0.4, -0.2) is 4.98 Å². The molecule has 0 amide bonds. The van der Waals surface area contributed by atoms with Crippen molar-refractivity contribution < 1.29 is 4.74 Å². The van der Waals surface area contributed by atoms with Crippen LogP contribution in [0.2, 0.25) is 0 Å². The van der Waals surface area contributed by atoms with Gasteiger partial charge in [-0.2, -0.15) is 0 Å². The van der Waals surface area contributed by atoms with Crippen molar-refractivity contribution in [2.45, 2.75) is 18.6 Å². The van der Waals surface area contributed by atoms with Gasteiger partial charge < -0.3 is 9.72 Å². The quantitative estimate of drug-likeness (QED) is 0.364. The van der Waals surface area contributed by atoms with E-state index in [1.165, 1.54) is 44.1 Å². The molecule has 0 saturated carbocycles. The molecular weight excluding hydrogens is 354 g/mol. The van der Waals surface area contributed by atoms with Crippen molar-refractivity contribution in [3.8, 4) is 0 Å². The number of nitrogens with one attached hydrogen (secondary N) is 1. The fraction of sp³-hybridized carbons (Fsp3) is 0.111. The Morgan fingerprint density at radius 3 is 2.34 bits per heavy atom. The molecule has 6 rings (SSSR count). The van der Waals surface area contributed by atoms with Crippen LogP contribution < -0.4 is 0 Å². The summed E-state index contributed by atoms with van der Waals surface area (Å²) in [7, 11) is 0. The molecule has 0 bridgehead atoms. The van der Waals surface area contributed by atoms with Gasteiger partial charge in [0.25, 0.3) is 0 Å². The van der Waals surface area contributed by atoms with Gasteiger partial charge in [0, 0.05) is 17.3 Å². The van der Waals surface area contributed by atoms with Crippen LogP contribution in [0.25, 0.3) is 21.7 Å². The highest BCUT2D eigenvalue weighted by Gasteiger charge is 2.32. The molecule has 2 heteroatoms. The molecule has 0 spiro atoms. The fourth-order valence-electron chi connectivity index (χ4n) is 4.61. The third-order valence-corrected chi connectivity index (χ3v) is 6.05. The summed E-state index contributed by atoms with van der Waals surface area (Å²) in [5.41, 5.74) is 6.17. The topological polar surface area (TPSA) is 25.0 Å². The van der Waals surface area contributed by atoms with Crippen molar-refractivity contribution in [2.75, 3.05) is 0 Å². The summed E-state index contributed by atoms with van der Waals surface area (Å²) in [6.07, 6.45) is 0.813. The highest BCUT2D eigenvalue weighted by molar-refractivity contribution is 5.86. The van der Waals surface area contributed by atoms with E-state index in [0.29, 0.717) is 0 Å². The van der Waals surface area contributed by atoms with Crippen molar-refractivity contribution in [2.24, 2.45) is 0 Å². The van der Waals surface area contributed by atoms with Crippen molar-refractivity contribution in [3.05, 3.63) is 119 Å². The number of aromatic amines is 1. The highest BCUT2D eigenvalue weighted by Crippen LogP contribution is 2.43. The zero-order chi connectivity index (χ0) is 19.2. The van der Waals surface area contributed by atoms with Gasteiger partial charge in [0.2, 0.25) is 0 Å². The van der Waals surface area contributed by atoms with E-state index in [4.69, 9.17) is 4.74 Å². The number of fused-ring (bicyclic) bond motifs is 4. The molecule has 0 fully saturated rings. The van der Waals surface area contributed by atoms with E-state index in [2.05, 4.69) is 102 Å². The average Bonchev–Trinajstić information content (AvgIpc) is 3.17. The zero-order valence-corrected chi connectivity index (χ0v) is 16.0. The number of hydrogen-bond acceptors (Lipinski definition) is 1. The molecule has 1 aliphatic rings. The first-order valence-electron chi connectivity index (χ1n) is 10.2. The number of hydrogen-bond donors (Lipinski definition) is 1. The van der Waals surface area contributed by atoms with E-state index in [1.54, 1.807) is 0 Å². The van der Waals surface area contributed by atoms with Crippen LogP contribution in [0, 0.1) is 0 Å². The largest absolute Gasteiger partial charge is 0.359 e. The molecular formula is C27H21NO. The van der Waals surface area contributed by atoms with Gasteiger partial charge in [0.15, 0.2) is 0 Å². The second kappa shape index (κ2) is 6.61. The van der Waals surface area contributed by atoms with Gasteiger partial charge >= 0.3 is 0 Å². The third kappa shape index (κ3) is 2.76. The maximum atomic E-state index is 6.73. The number of ether oxygens (including phenoxy) is 1. The number of benzene rings is 4. The van der Waals surface area contributed by atoms with Gasteiger partial charge in [0.05, 0.1) is 11.8 Å². The Kier molecular flexibility index (Phi) is 3.78. The minimum Gasteiger partial charge on any atom is -0.359 e. The maximum Gasteiger partial charge on any atom is 0.123 e. The van der Waals surface area contributed by atoms with Crippen molar-refractivity contribution >= 4 is 21.7 Å². The minimum atomic E-state index is -0.110. The van der Waals surface area contributed by atoms with E-state index < -0.39 is 0 Å². The Labute approximate surface area is 169 Å². The van der Waals surface area contributed by atoms with Gasteiger partial charge in [-0.3, -0.25) is 0 Å². The lowest BCUT2D eigenvalue weighted by molar-refractivity contribution is -0.00694. The molecule has 2 atom stereocenters. The van der Waals surface area contributed by atoms with E-state index in [9.17, 15) is 0 Å². The summed E-state index contributed by atoms with van der Waals surface area (Å²) < 4.78 is 6.73. The van der Waals surface area contributed by atoms with E-state index in [0.717, 1.165) is 6.42 Å². The molecule has 4 aromatic carbocycles. The molecule has 2 heterocycles. The lowest BCUT2D eigenvalue weighted by Gasteiger charge is -2.31. The smallest absolute Gasteiger partial charge is 0.123 e. The standard InChI is InChI=1S/C27H21NO/c1-2-9-19(10-3-1)25-17-23-22-12-6-7-13-24(22)28-26(23)27(29-25)21-15-14-18-8-4-5-11-20(18)16-21/h1-16,25,27-28H,17H2/t25-,27-/m0/s1. The molecule has 1 aliphatic heterocycles. The zero-order valence-electron chi connectivity index (χ0n) is 16.0. The van der Waals surface area contributed by atoms with Gasteiger partial charge in [-0.05, 0) is 39.6 Å². The number of H-pyrrole nitrogens is 1. The van der Waals surface area contributed by atoms with Gasteiger partial charge in [-0.1, -0.05) is 84.9 Å². The average molecular weight is 375 g/mol. The SMILES string of the molecule is c1ccc([C@@H]2Cc3c([nH]c4ccccc34)[C@H](c3ccc4ccccc4c3)O2)cc1. The first-order valence-corrected chi connectivity index (χ1v) is 10.2. The van der Waals surface area contributed by atoms with Crippen molar-refractivity contribution in [3.63, 3.8) is 0 Å². The number of para-hydroxylation sites is 1. The Morgan fingerprint density at radius 2 is 1.45 bits per heavy atom. The Balaban J connectivity index is 1.54. The Bertz CT molecular complexity index is 1320. The Morgan fingerprint density at radius 1 is 0.690 bits per heavy atom. The minimum absolute atomic E-state index is 0.0411. The predicted octanol–water partition coefficient (Wildman–Crippen LogP) is 6.72. The summed E-state index contributed by atoms with van der Waals surface area (Å²) in [5, 5.41) is 3.80. The molecule has 1 aromatic heterocycles. The third-order valence-electron chi connectivity index (χ3n) is 6.05. The van der Waals surface area contributed by atoms with Crippen LogP contribution in [0.1, 0.15) is 34.6 Å². The summed E-state index contributed by atoms with van der Waals surface area (Å²) in [6.45, 7) is 0. The van der Waals surface area contributed by atoms with Crippen LogP contribution in [0.15, 0.2) is 97.1 Å². The molecule has 0 saturated heterocycles. The van der Waals surface area contributed by atoms with E-state index >= 15 is 0 Å². The molecule has 5 aromatic rings. The lowest BCUT2D eigenvalue weighted by Crippen LogP contribution is -2.21. The lowest BCUT2D eigenvalue weighted by atomic mass is 9.91. The summed E-state index contributed by atoms with van der Waals surface area (Å²) in [4.78, 5) is 3.66. The summed E-state index contributed by atoms with van der Waals surface area (Å²) >= 11 is 0. The van der Waals surface area contributed by atoms with Crippen LogP contribution in [-0.2, 0) is 11.2 Å². The fourth-order valence-corrected chi connectivity index (χ4v) is 4.61. The predicted molar refractivity (Wildman–Crippen MR) is 118 cm³/mol. The van der Waals surface area contributed by atoms with Crippen LogP contribution in [0.3, 0.4) is 0 Å². The second-order valence-corrected chi connectivity index (χ2v) is 7.79. The molecule has 2 nitrogen and oxygen atoms in total. The van der Waals surface area contributed by atoms with E-state index in [1.807, 2.05) is 0 Å². The van der Waals surface area contributed by atoms with Gasteiger partial charge in [0.1, 0.15) is 6.10 Å². The monoisotopic (exact) mass is 375 g/mol. The molecule has 1 N–H and O–H groups in total. The first kappa shape index (κ1) is 16.6. The molecule has 140 valence electrons. The first-order chi connectivity index (χ1) is 14.4. The second-order valence-electron chi connectivity index (χ2n) is 7.79.